The van der Waals surface area contributed by atoms with Crippen molar-refractivity contribution >= 4 is 17.3 Å². The van der Waals surface area contributed by atoms with Crippen LogP contribution in [0.25, 0.3) is 0 Å². The Balaban J connectivity index is 1.91. The summed E-state index contributed by atoms with van der Waals surface area (Å²) >= 11 is 1.66. The highest BCUT2D eigenvalue weighted by Gasteiger charge is 2.28. The molecule has 0 aliphatic carbocycles. The van der Waals surface area contributed by atoms with Gasteiger partial charge in [-0.15, -0.1) is 11.3 Å². The minimum atomic E-state index is -4.36. The standard InChI is InChI=1S/C17H20F3N3OS/c1-12-7-8-25-15(12)10-23-16(21-2)22-9-13-5-3-4-6-14(13)24-11-17(18,19)20/h3-8H,9-11H2,1-2H3,(H2,21,22,23). The minimum Gasteiger partial charge on any atom is -0.484 e. The van der Waals surface area contributed by atoms with Crippen LogP contribution in [0.2, 0.25) is 0 Å². The molecule has 0 atom stereocenters. The van der Waals surface area contributed by atoms with Crippen LogP contribution < -0.4 is 15.4 Å². The number of hydrogen-bond acceptors (Lipinski definition) is 3. The summed E-state index contributed by atoms with van der Waals surface area (Å²) in [4.78, 5) is 5.33. The Kier molecular flexibility index (Phi) is 6.69. The zero-order chi connectivity index (χ0) is 18.3. The molecule has 1 aromatic carbocycles. The average molecular weight is 371 g/mol. The van der Waals surface area contributed by atoms with Crippen molar-refractivity contribution in [3.8, 4) is 5.75 Å². The van der Waals surface area contributed by atoms with Crippen LogP contribution in [0.15, 0.2) is 40.7 Å². The Labute approximate surface area is 148 Å². The number of ether oxygens (including phenoxy) is 1. The molecule has 0 aliphatic rings. The lowest BCUT2D eigenvalue weighted by Crippen LogP contribution is -2.36. The van der Waals surface area contributed by atoms with Gasteiger partial charge in [0.1, 0.15) is 5.75 Å². The second kappa shape index (κ2) is 8.75. The average Bonchev–Trinajstić information content (AvgIpc) is 2.98. The van der Waals surface area contributed by atoms with E-state index in [9.17, 15) is 13.2 Å². The van der Waals surface area contributed by atoms with Crippen molar-refractivity contribution in [2.75, 3.05) is 13.7 Å². The molecule has 2 N–H and O–H groups in total. The molecule has 0 aliphatic heterocycles. The Morgan fingerprint density at radius 1 is 1.16 bits per heavy atom. The van der Waals surface area contributed by atoms with Crippen LogP contribution in [-0.2, 0) is 13.1 Å². The third-order valence-corrected chi connectivity index (χ3v) is 4.44. The summed E-state index contributed by atoms with van der Waals surface area (Å²) < 4.78 is 41.9. The number of thiophene rings is 1. The van der Waals surface area contributed by atoms with Crippen LogP contribution in [-0.4, -0.2) is 25.8 Å². The van der Waals surface area contributed by atoms with E-state index in [0.717, 1.165) is 0 Å². The number of aliphatic imine (C=N–C) groups is 1. The molecular weight excluding hydrogens is 351 g/mol. The zero-order valence-corrected chi connectivity index (χ0v) is 14.8. The number of nitrogens with zero attached hydrogens (tertiary/aromatic N) is 1. The maximum atomic E-state index is 12.3. The fraction of sp³-hybridized carbons (Fsp3) is 0.353. The molecule has 0 bridgehead atoms. The van der Waals surface area contributed by atoms with Gasteiger partial charge in [0.2, 0.25) is 0 Å². The number of aryl methyl sites for hydroxylation is 1. The number of alkyl halides is 3. The Bertz CT molecular complexity index is 713. The zero-order valence-electron chi connectivity index (χ0n) is 14.0. The lowest BCUT2D eigenvalue weighted by atomic mass is 10.2. The number of guanidine groups is 1. The van der Waals surface area contributed by atoms with Gasteiger partial charge in [0.25, 0.3) is 0 Å². The van der Waals surface area contributed by atoms with Gasteiger partial charge < -0.3 is 15.4 Å². The second-order valence-corrected chi connectivity index (χ2v) is 6.32. The lowest BCUT2D eigenvalue weighted by molar-refractivity contribution is -0.153. The van der Waals surface area contributed by atoms with Crippen LogP contribution in [0, 0.1) is 6.92 Å². The topological polar surface area (TPSA) is 45.7 Å². The number of nitrogens with one attached hydrogen (secondary N) is 2. The summed E-state index contributed by atoms with van der Waals surface area (Å²) in [7, 11) is 1.64. The monoisotopic (exact) mass is 371 g/mol. The highest BCUT2D eigenvalue weighted by Crippen LogP contribution is 2.22. The summed E-state index contributed by atoms with van der Waals surface area (Å²) in [6.45, 7) is 1.67. The Morgan fingerprint density at radius 3 is 2.52 bits per heavy atom. The van der Waals surface area contributed by atoms with Gasteiger partial charge in [-0.25, -0.2) is 0 Å². The maximum Gasteiger partial charge on any atom is 0.422 e. The largest absolute Gasteiger partial charge is 0.484 e. The molecule has 136 valence electrons. The lowest BCUT2D eigenvalue weighted by Gasteiger charge is -2.15. The van der Waals surface area contributed by atoms with Crippen molar-refractivity contribution < 1.29 is 17.9 Å². The fourth-order valence-electron chi connectivity index (χ4n) is 2.10. The molecule has 1 aromatic heterocycles. The van der Waals surface area contributed by atoms with E-state index in [1.807, 2.05) is 18.4 Å². The van der Waals surface area contributed by atoms with E-state index in [4.69, 9.17) is 4.74 Å². The summed E-state index contributed by atoms with van der Waals surface area (Å²) in [5.41, 5.74) is 1.83. The molecule has 0 saturated heterocycles. The Morgan fingerprint density at radius 2 is 1.88 bits per heavy atom. The van der Waals surface area contributed by atoms with Gasteiger partial charge in [0.05, 0.1) is 6.54 Å². The van der Waals surface area contributed by atoms with E-state index < -0.39 is 12.8 Å². The van der Waals surface area contributed by atoms with Crippen LogP contribution >= 0.6 is 11.3 Å². The van der Waals surface area contributed by atoms with Crippen LogP contribution in [0.5, 0.6) is 5.75 Å². The maximum absolute atomic E-state index is 12.3. The molecule has 0 amide bonds. The van der Waals surface area contributed by atoms with Crippen molar-refractivity contribution in [1.82, 2.24) is 10.6 Å². The molecule has 0 fully saturated rings. The van der Waals surface area contributed by atoms with Crippen molar-refractivity contribution in [3.63, 3.8) is 0 Å². The molecule has 0 radical (unpaired) electrons. The fourth-order valence-corrected chi connectivity index (χ4v) is 2.94. The third-order valence-electron chi connectivity index (χ3n) is 3.42. The van der Waals surface area contributed by atoms with Crippen LogP contribution in [0.1, 0.15) is 16.0 Å². The molecule has 25 heavy (non-hydrogen) atoms. The van der Waals surface area contributed by atoms with Gasteiger partial charge in [0, 0.05) is 24.0 Å². The molecule has 2 aromatic rings. The van der Waals surface area contributed by atoms with Gasteiger partial charge in [0.15, 0.2) is 12.6 Å². The molecule has 0 spiro atoms. The first-order valence-electron chi connectivity index (χ1n) is 7.64. The predicted molar refractivity (Wildman–Crippen MR) is 94.1 cm³/mol. The highest BCUT2D eigenvalue weighted by atomic mass is 32.1. The molecular formula is C17H20F3N3OS. The van der Waals surface area contributed by atoms with E-state index in [0.29, 0.717) is 24.6 Å². The number of para-hydroxylation sites is 1. The van der Waals surface area contributed by atoms with E-state index in [-0.39, 0.29) is 5.75 Å². The molecule has 4 nitrogen and oxygen atoms in total. The molecule has 0 unspecified atom stereocenters. The van der Waals surface area contributed by atoms with Crippen LogP contribution in [0.3, 0.4) is 0 Å². The van der Waals surface area contributed by atoms with E-state index in [2.05, 4.69) is 15.6 Å². The number of hydrogen-bond donors (Lipinski definition) is 2. The molecule has 2 rings (SSSR count). The SMILES string of the molecule is CN=C(NCc1ccccc1OCC(F)(F)F)NCc1sccc1C. The van der Waals surface area contributed by atoms with E-state index >= 15 is 0 Å². The van der Waals surface area contributed by atoms with Crippen molar-refractivity contribution in [2.24, 2.45) is 4.99 Å². The first-order chi connectivity index (χ1) is 11.9. The van der Waals surface area contributed by atoms with Gasteiger partial charge in [-0.1, -0.05) is 18.2 Å². The summed E-state index contributed by atoms with van der Waals surface area (Å²) in [6.07, 6.45) is -4.36. The van der Waals surface area contributed by atoms with E-state index in [1.165, 1.54) is 16.5 Å². The van der Waals surface area contributed by atoms with Crippen molar-refractivity contribution in [3.05, 3.63) is 51.7 Å². The molecule has 8 heteroatoms. The van der Waals surface area contributed by atoms with Gasteiger partial charge in [-0.3, -0.25) is 4.99 Å². The smallest absolute Gasteiger partial charge is 0.422 e. The van der Waals surface area contributed by atoms with Crippen molar-refractivity contribution in [2.45, 2.75) is 26.2 Å². The van der Waals surface area contributed by atoms with Gasteiger partial charge >= 0.3 is 6.18 Å². The first-order valence-corrected chi connectivity index (χ1v) is 8.52. The van der Waals surface area contributed by atoms with Crippen molar-refractivity contribution in [1.29, 1.82) is 0 Å². The number of halogens is 3. The quantitative estimate of drug-likeness (QED) is 0.599. The van der Waals surface area contributed by atoms with Gasteiger partial charge in [-0.05, 0) is 30.0 Å². The number of rotatable bonds is 6. The minimum absolute atomic E-state index is 0.205. The summed E-state index contributed by atoms with van der Waals surface area (Å²) in [5, 5.41) is 8.30. The third kappa shape index (κ3) is 6.30. The van der Waals surface area contributed by atoms with E-state index in [1.54, 1.807) is 36.6 Å². The normalized spacial score (nSPS) is 12.1. The van der Waals surface area contributed by atoms with Crippen LogP contribution in [0.4, 0.5) is 13.2 Å². The molecule has 1 heterocycles. The Hall–Kier alpha value is -2.22. The summed E-state index contributed by atoms with van der Waals surface area (Å²) in [6, 6.07) is 8.68. The van der Waals surface area contributed by atoms with Gasteiger partial charge in [-0.2, -0.15) is 13.2 Å². The summed E-state index contributed by atoms with van der Waals surface area (Å²) in [5.74, 6) is 0.773. The highest BCUT2D eigenvalue weighted by molar-refractivity contribution is 7.10. The predicted octanol–water partition coefficient (Wildman–Crippen LogP) is 3.86. The number of benzene rings is 1. The second-order valence-electron chi connectivity index (χ2n) is 5.32. The first kappa shape index (κ1) is 19.1. The molecule has 0 saturated carbocycles.